The number of phenolic OH excluding ortho intramolecular Hbond substituents is 1. The second-order valence-corrected chi connectivity index (χ2v) is 4.61. The van der Waals surface area contributed by atoms with Gasteiger partial charge in [-0.1, -0.05) is 25.4 Å². The number of rotatable bonds is 4. The van der Waals surface area contributed by atoms with E-state index in [0.717, 1.165) is 0 Å². The first kappa shape index (κ1) is 14.3. The first-order valence-electron chi connectivity index (χ1n) is 5.35. The number of hydrogen-bond acceptors (Lipinski definition) is 3. The van der Waals surface area contributed by atoms with E-state index in [4.69, 9.17) is 16.7 Å². The molecule has 1 aromatic carbocycles. The summed E-state index contributed by atoms with van der Waals surface area (Å²) < 4.78 is 0. The highest BCUT2D eigenvalue weighted by Gasteiger charge is 2.24. The van der Waals surface area contributed by atoms with E-state index in [9.17, 15) is 14.7 Å². The Kier molecular flexibility index (Phi) is 4.55. The monoisotopic (exact) mass is 271 g/mol. The molecule has 0 aliphatic carbocycles. The predicted octanol–water partition coefficient (Wildman–Crippen LogP) is 1.88. The van der Waals surface area contributed by atoms with Crippen LogP contribution in [0, 0.1) is 5.92 Å². The lowest BCUT2D eigenvalue weighted by Crippen LogP contribution is -2.44. The number of halogens is 1. The molecule has 0 heterocycles. The van der Waals surface area contributed by atoms with Crippen LogP contribution < -0.4 is 5.32 Å². The van der Waals surface area contributed by atoms with Crippen molar-refractivity contribution in [2.24, 2.45) is 5.92 Å². The molecule has 0 aliphatic heterocycles. The molecule has 0 radical (unpaired) electrons. The molecule has 0 spiro atoms. The van der Waals surface area contributed by atoms with E-state index in [-0.39, 0.29) is 22.3 Å². The van der Waals surface area contributed by atoms with Crippen LogP contribution in [0.3, 0.4) is 0 Å². The van der Waals surface area contributed by atoms with Gasteiger partial charge in [0.1, 0.15) is 11.8 Å². The lowest BCUT2D eigenvalue weighted by atomic mass is 10.0. The van der Waals surface area contributed by atoms with Gasteiger partial charge >= 0.3 is 5.97 Å². The molecule has 1 rings (SSSR count). The highest BCUT2D eigenvalue weighted by atomic mass is 35.5. The number of carboxylic acid groups (broad SMARTS) is 1. The zero-order valence-corrected chi connectivity index (χ0v) is 10.7. The van der Waals surface area contributed by atoms with Gasteiger partial charge in [-0.3, -0.25) is 4.79 Å². The molecule has 1 amide bonds. The number of aliphatic carboxylic acids is 1. The van der Waals surface area contributed by atoms with Crippen LogP contribution in [0.15, 0.2) is 18.2 Å². The summed E-state index contributed by atoms with van der Waals surface area (Å²) in [6.07, 6.45) is 0. The molecule has 0 bridgehead atoms. The molecule has 98 valence electrons. The van der Waals surface area contributed by atoms with Crippen molar-refractivity contribution in [2.75, 3.05) is 0 Å². The van der Waals surface area contributed by atoms with E-state index in [2.05, 4.69) is 5.32 Å². The van der Waals surface area contributed by atoms with Crippen LogP contribution in [-0.2, 0) is 4.79 Å². The van der Waals surface area contributed by atoms with Crippen molar-refractivity contribution in [2.45, 2.75) is 19.9 Å². The SMILES string of the molecule is CC(C)C(NC(=O)c1ccc(O)c(Cl)c1)C(=O)O. The maximum Gasteiger partial charge on any atom is 0.326 e. The number of amides is 1. The topological polar surface area (TPSA) is 86.6 Å². The van der Waals surface area contributed by atoms with Crippen molar-refractivity contribution >= 4 is 23.5 Å². The van der Waals surface area contributed by atoms with Gasteiger partial charge in [-0.25, -0.2) is 4.79 Å². The van der Waals surface area contributed by atoms with Gasteiger partial charge in [0, 0.05) is 5.56 Å². The molecule has 5 nitrogen and oxygen atoms in total. The summed E-state index contributed by atoms with van der Waals surface area (Å²) >= 11 is 5.67. The molecular formula is C12H14ClNO4. The molecule has 1 aromatic rings. The molecule has 0 aliphatic rings. The van der Waals surface area contributed by atoms with Crippen LogP contribution in [-0.4, -0.2) is 28.1 Å². The smallest absolute Gasteiger partial charge is 0.326 e. The first-order valence-corrected chi connectivity index (χ1v) is 5.73. The Morgan fingerprint density at radius 1 is 1.33 bits per heavy atom. The number of hydrogen-bond donors (Lipinski definition) is 3. The van der Waals surface area contributed by atoms with Crippen LogP contribution in [0.5, 0.6) is 5.75 Å². The van der Waals surface area contributed by atoms with E-state index in [1.54, 1.807) is 13.8 Å². The number of phenols is 1. The van der Waals surface area contributed by atoms with Crippen LogP contribution in [0.2, 0.25) is 5.02 Å². The van der Waals surface area contributed by atoms with Crippen molar-refractivity contribution in [3.63, 3.8) is 0 Å². The molecule has 6 heteroatoms. The molecule has 0 aromatic heterocycles. The van der Waals surface area contributed by atoms with Crippen molar-refractivity contribution in [1.82, 2.24) is 5.32 Å². The Labute approximate surface area is 109 Å². The van der Waals surface area contributed by atoms with Gasteiger partial charge in [-0.05, 0) is 24.1 Å². The first-order chi connectivity index (χ1) is 8.32. The molecule has 1 unspecified atom stereocenters. The molecule has 1 atom stereocenters. The Bertz CT molecular complexity index is 473. The number of benzene rings is 1. The summed E-state index contributed by atoms with van der Waals surface area (Å²) in [6.45, 7) is 3.39. The zero-order valence-electron chi connectivity index (χ0n) is 9.98. The Morgan fingerprint density at radius 2 is 1.94 bits per heavy atom. The molecule has 0 saturated heterocycles. The van der Waals surface area contributed by atoms with Gasteiger partial charge in [0.25, 0.3) is 5.91 Å². The second-order valence-electron chi connectivity index (χ2n) is 4.20. The maximum absolute atomic E-state index is 11.8. The van der Waals surface area contributed by atoms with Gasteiger partial charge in [0.15, 0.2) is 0 Å². The van der Waals surface area contributed by atoms with Gasteiger partial charge in [-0.15, -0.1) is 0 Å². The summed E-state index contributed by atoms with van der Waals surface area (Å²) in [7, 11) is 0. The summed E-state index contributed by atoms with van der Waals surface area (Å²) in [5.41, 5.74) is 0.199. The number of aromatic hydroxyl groups is 1. The van der Waals surface area contributed by atoms with Crippen LogP contribution >= 0.6 is 11.6 Å². The molecule has 0 saturated carbocycles. The predicted molar refractivity (Wildman–Crippen MR) is 66.8 cm³/mol. The van der Waals surface area contributed by atoms with E-state index < -0.39 is 17.9 Å². The van der Waals surface area contributed by atoms with Crippen molar-refractivity contribution in [3.8, 4) is 5.75 Å². The summed E-state index contributed by atoms with van der Waals surface area (Å²) in [4.78, 5) is 22.8. The summed E-state index contributed by atoms with van der Waals surface area (Å²) in [6, 6.07) is 2.97. The molecule has 3 N–H and O–H groups in total. The minimum atomic E-state index is -1.09. The number of carbonyl (C=O) groups is 2. The molecule has 0 fully saturated rings. The maximum atomic E-state index is 11.8. The van der Waals surface area contributed by atoms with Crippen molar-refractivity contribution in [1.29, 1.82) is 0 Å². The van der Waals surface area contributed by atoms with Crippen LogP contribution in [0.4, 0.5) is 0 Å². The Morgan fingerprint density at radius 3 is 2.39 bits per heavy atom. The number of carboxylic acids is 1. The minimum absolute atomic E-state index is 0.0408. The lowest BCUT2D eigenvalue weighted by Gasteiger charge is -2.17. The quantitative estimate of drug-likeness (QED) is 0.780. The van der Waals surface area contributed by atoms with E-state index in [1.165, 1.54) is 18.2 Å². The van der Waals surface area contributed by atoms with Crippen LogP contribution in [0.1, 0.15) is 24.2 Å². The normalized spacial score (nSPS) is 12.2. The van der Waals surface area contributed by atoms with Crippen molar-refractivity contribution in [3.05, 3.63) is 28.8 Å². The van der Waals surface area contributed by atoms with E-state index in [1.807, 2.05) is 0 Å². The standard InChI is InChI=1S/C12H14ClNO4/c1-6(2)10(12(17)18)14-11(16)7-3-4-9(15)8(13)5-7/h3-6,10,15H,1-2H3,(H,14,16)(H,17,18). The highest BCUT2D eigenvalue weighted by Crippen LogP contribution is 2.23. The fourth-order valence-electron chi connectivity index (χ4n) is 1.39. The summed E-state index contributed by atoms with van der Waals surface area (Å²) in [5.74, 6) is -2.01. The molecule has 18 heavy (non-hydrogen) atoms. The fourth-order valence-corrected chi connectivity index (χ4v) is 1.57. The summed E-state index contributed by atoms with van der Waals surface area (Å²) in [5, 5.41) is 20.6. The second kappa shape index (κ2) is 5.73. The highest BCUT2D eigenvalue weighted by molar-refractivity contribution is 6.32. The number of nitrogens with one attached hydrogen (secondary N) is 1. The molecular weight excluding hydrogens is 258 g/mol. The zero-order chi connectivity index (χ0) is 13.9. The fraction of sp³-hybridized carbons (Fsp3) is 0.333. The van der Waals surface area contributed by atoms with E-state index in [0.29, 0.717) is 0 Å². The van der Waals surface area contributed by atoms with Gasteiger partial charge in [0.05, 0.1) is 5.02 Å². The largest absolute Gasteiger partial charge is 0.506 e. The van der Waals surface area contributed by atoms with Gasteiger partial charge in [-0.2, -0.15) is 0 Å². The average molecular weight is 272 g/mol. The lowest BCUT2D eigenvalue weighted by molar-refractivity contribution is -0.140. The average Bonchev–Trinajstić information content (AvgIpc) is 2.28. The third-order valence-electron chi connectivity index (χ3n) is 2.43. The number of carbonyl (C=O) groups excluding carboxylic acids is 1. The van der Waals surface area contributed by atoms with Gasteiger partial charge < -0.3 is 15.5 Å². The third-order valence-corrected chi connectivity index (χ3v) is 2.73. The minimum Gasteiger partial charge on any atom is -0.506 e. The Hall–Kier alpha value is -1.75. The third kappa shape index (κ3) is 3.37. The van der Waals surface area contributed by atoms with E-state index >= 15 is 0 Å². The van der Waals surface area contributed by atoms with Crippen LogP contribution in [0.25, 0.3) is 0 Å². The Balaban J connectivity index is 2.87. The van der Waals surface area contributed by atoms with Gasteiger partial charge in [0.2, 0.25) is 0 Å². The van der Waals surface area contributed by atoms with Crippen molar-refractivity contribution < 1.29 is 19.8 Å².